The average Bonchev–Trinajstić information content (AvgIpc) is 3.17. The topological polar surface area (TPSA) is 78.0 Å². The van der Waals surface area contributed by atoms with E-state index in [0.717, 1.165) is 37.3 Å². The van der Waals surface area contributed by atoms with E-state index in [4.69, 9.17) is 0 Å². The number of nitrogens with zero attached hydrogens (tertiary/aromatic N) is 5. The van der Waals surface area contributed by atoms with Crippen LogP contribution >= 0.6 is 0 Å². The van der Waals surface area contributed by atoms with Gasteiger partial charge in [-0.1, -0.05) is 12.8 Å². The second-order valence-electron chi connectivity index (χ2n) is 5.75. The minimum atomic E-state index is 0.208. The Kier molecular flexibility index (Phi) is 2.98. The van der Waals surface area contributed by atoms with Gasteiger partial charge in [-0.05, 0) is 12.8 Å². The molecule has 0 unspecified atom stereocenters. The SMILES string of the molecule is O=C1CN(c2ncnc3nc[nH]c23)CCN1C1CCCC1. The highest BCUT2D eigenvalue weighted by molar-refractivity contribution is 5.88. The lowest BCUT2D eigenvalue weighted by atomic mass is 10.1. The summed E-state index contributed by atoms with van der Waals surface area (Å²) in [7, 11) is 0. The molecule has 1 saturated carbocycles. The van der Waals surface area contributed by atoms with Crippen molar-refractivity contribution in [1.82, 2.24) is 24.8 Å². The van der Waals surface area contributed by atoms with Crippen LogP contribution in [0.3, 0.4) is 0 Å². The van der Waals surface area contributed by atoms with E-state index in [1.165, 1.54) is 19.2 Å². The van der Waals surface area contributed by atoms with Crippen molar-refractivity contribution in [1.29, 1.82) is 0 Å². The molecule has 110 valence electrons. The van der Waals surface area contributed by atoms with Crippen LogP contribution in [0.1, 0.15) is 25.7 Å². The number of aromatic amines is 1. The molecule has 0 radical (unpaired) electrons. The number of imidazole rings is 1. The summed E-state index contributed by atoms with van der Waals surface area (Å²) in [5.74, 6) is 0.983. The van der Waals surface area contributed by atoms with E-state index >= 15 is 0 Å². The van der Waals surface area contributed by atoms with Crippen molar-refractivity contribution in [3.63, 3.8) is 0 Å². The number of nitrogens with one attached hydrogen (secondary N) is 1. The second-order valence-corrected chi connectivity index (χ2v) is 5.75. The summed E-state index contributed by atoms with van der Waals surface area (Å²) in [5, 5.41) is 0. The number of carbonyl (C=O) groups excluding carboxylic acids is 1. The fourth-order valence-electron chi connectivity index (χ4n) is 3.46. The van der Waals surface area contributed by atoms with Crippen molar-refractivity contribution in [3.05, 3.63) is 12.7 Å². The van der Waals surface area contributed by atoms with Crippen LogP contribution in [-0.2, 0) is 4.79 Å². The summed E-state index contributed by atoms with van der Waals surface area (Å²) >= 11 is 0. The molecule has 2 aliphatic rings. The van der Waals surface area contributed by atoms with E-state index in [1.807, 2.05) is 4.90 Å². The molecule has 0 bridgehead atoms. The largest absolute Gasteiger partial charge is 0.344 e. The number of amides is 1. The van der Waals surface area contributed by atoms with Gasteiger partial charge in [0.25, 0.3) is 0 Å². The van der Waals surface area contributed by atoms with Gasteiger partial charge in [0.1, 0.15) is 11.8 Å². The lowest BCUT2D eigenvalue weighted by Crippen LogP contribution is -2.53. The molecule has 0 spiro atoms. The third kappa shape index (κ3) is 2.12. The lowest BCUT2D eigenvalue weighted by molar-refractivity contribution is -0.133. The van der Waals surface area contributed by atoms with Crippen LogP contribution < -0.4 is 4.90 Å². The Morgan fingerprint density at radius 3 is 2.81 bits per heavy atom. The van der Waals surface area contributed by atoms with Gasteiger partial charge in [-0.25, -0.2) is 15.0 Å². The third-order valence-electron chi connectivity index (χ3n) is 4.53. The fourth-order valence-corrected chi connectivity index (χ4v) is 3.46. The minimum Gasteiger partial charge on any atom is -0.344 e. The standard InChI is InChI=1S/C14H18N6O/c21-11-7-19(5-6-20(11)10-3-1-2-4-10)14-12-13(16-8-15-12)17-9-18-14/h8-10H,1-7H2,(H,15,16,17,18). The van der Waals surface area contributed by atoms with E-state index < -0.39 is 0 Å². The Bertz CT molecular complexity index is 662. The highest BCUT2D eigenvalue weighted by Crippen LogP contribution is 2.27. The first-order valence-electron chi connectivity index (χ1n) is 7.51. The molecule has 1 N–H and O–H groups in total. The van der Waals surface area contributed by atoms with Crippen molar-refractivity contribution in [2.45, 2.75) is 31.7 Å². The molecule has 21 heavy (non-hydrogen) atoms. The Morgan fingerprint density at radius 1 is 1.14 bits per heavy atom. The normalized spacial score (nSPS) is 20.7. The molecular formula is C14H18N6O. The highest BCUT2D eigenvalue weighted by atomic mass is 16.2. The van der Waals surface area contributed by atoms with Crippen molar-refractivity contribution in [2.24, 2.45) is 0 Å². The van der Waals surface area contributed by atoms with Crippen molar-refractivity contribution >= 4 is 22.9 Å². The second kappa shape index (κ2) is 4.98. The van der Waals surface area contributed by atoms with E-state index in [0.29, 0.717) is 18.2 Å². The molecule has 2 fully saturated rings. The van der Waals surface area contributed by atoms with Crippen LogP contribution in [0.4, 0.5) is 5.82 Å². The van der Waals surface area contributed by atoms with Gasteiger partial charge in [0.15, 0.2) is 11.5 Å². The Hall–Kier alpha value is -2.18. The quantitative estimate of drug-likeness (QED) is 0.889. The molecule has 0 aromatic carbocycles. The molecule has 3 heterocycles. The van der Waals surface area contributed by atoms with Crippen LogP contribution in [0.15, 0.2) is 12.7 Å². The maximum absolute atomic E-state index is 12.5. The maximum atomic E-state index is 12.5. The third-order valence-corrected chi connectivity index (χ3v) is 4.53. The molecular weight excluding hydrogens is 268 g/mol. The van der Waals surface area contributed by atoms with Gasteiger partial charge < -0.3 is 14.8 Å². The predicted molar refractivity (Wildman–Crippen MR) is 77.9 cm³/mol. The molecule has 7 nitrogen and oxygen atoms in total. The first-order chi connectivity index (χ1) is 10.3. The number of hydrogen-bond acceptors (Lipinski definition) is 5. The van der Waals surface area contributed by atoms with E-state index in [1.54, 1.807) is 6.33 Å². The van der Waals surface area contributed by atoms with E-state index in [9.17, 15) is 4.79 Å². The number of hydrogen-bond donors (Lipinski definition) is 1. The van der Waals surface area contributed by atoms with Gasteiger partial charge in [-0.3, -0.25) is 4.79 Å². The Labute approximate surface area is 122 Å². The molecule has 7 heteroatoms. The minimum absolute atomic E-state index is 0.208. The number of fused-ring (bicyclic) bond motifs is 1. The molecule has 1 amide bonds. The van der Waals surface area contributed by atoms with Crippen molar-refractivity contribution < 1.29 is 4.79 Å². The van der Waals surface area contributed by atoms with Crippen molar-refractivity contribution in [3.8, 4) is 0 Å². The monoisotopic (exact) mass is 286 g/mol. The zero-order chi connectivity index (χ0) is 14.2. The molecule has 2 aromatic heterocycles. The number of carbonyl (C=O) groups is 1. The Balaban J connectivity index is 1.56. The molecule has 4 rings (SSSR count). The molecule has 0 atom stereocenters. The Morgan fingerprint density at radius 2 is 2.00 bits per heavy atom. The van der Waals surface area contributed by atoms with Gasteiger partial charge in [-0.15, -0.1) is 0 Å². The summed E-state index contributed by atoms with van der Waals surface area (Å²) in [6.45, 7) is 1.98. The van der Waals surface area contributed by atoms with Crippen LogP contribution in [0, 0.1) is 0 Å². The predicted octanol–water partition coefficient (Wildman–Crippen LogP) is 0.944. The smallest absolute Gasteiger partial charge is 0.242 e. The highest BCUT2D eigenvalue weighted by Gasteiger charge is 2.32. The van der Waals surface area contributed by atoms with E-state index in [2.05, 4.69) is 24.8 Å². The number of anilines is 1. The molecule has 1 aliphatic heterocycles. The number of aromatic nitrogens is 4. The van der Waals surface area contributed by atoms with Crippen LogP contribution in [0.2, 0.25) is 0 Å². The molecule has 1 aliphatic carbocycles. The molecule has 2 aromatic rings. The number of rotatable bonds is 2. The summed E-state index contributed by atoms with van der Waals surface area (Å²) in [6.07, 6.45) is 7.93. The maximum Gasteiger partial charge on any atom is 0.242 e. The lowest BCUT2D eigenvalue weighted by Gasteiger charge is -2.38. The van der Waals surface area contributed by atoms with Gasteiger partial charge in [0.2, 0.25) is 5.91 Å². The van der Waals surface area contributed by atoms with Gasteiger partial charge in [-0.2, -0.15) is 0 Å². The first-order valence-corrected chi connectivity index (χ1v) is 7.51. The van der Waals surface area contributed by atoms with Gasteiger partial charge in [0, 0.05) is 19.1 Å². The van der Waals surface area contributed by atoms with Crippen LogP contribution in [-0.4, -0.2) is 56.4 Å². The number of piperazine rings is 1. The fraction of sp³-hybridized carbons (Fsp3) is 0.571. The van der Waals surface area contributed by atoms with Crippen LogP contribution in [0.5, 0.6) is 0 Å². The summed E-state index contributed by atoms with van der Waals surface area (Å²) in [4.78, 5) is 32.2. The number of H-pyrrole nitrogens is 1. The van der Waals surface area contributed by atoms with E-state index in [-0.39, 0.29) is 5.91 Å². The molecule has 1 saturated heterocycles. The summed E-state index contributed by atoms with van der Waals surface area (Å²) in [5.41, 5.74) is 1.45. The average molecular weight is 286 g/mol. The summed E-state index contributed by atoms with van der Waals surface area (Å²) in [6, 6.07) is 0.456. The van der Waals surface area contributed by atoms with Crippen molar-refractivity contribution in [2.75, 3.05) is 24.5 Å². The van der Waals surface area contributed by atoms with Gasteiger partial charge in [0.05, 0.1) is 12.9 Å². The zero-order valence-electron chi connectivity index (χ0n) is 11.8. The first kappa shape index (κ1) is 12.6. The summed E-state index contributed by atoms with van der Waals surface area (Å²) < 4.78 is 0. The van der Waals surface area contributed by atoms with Crippen LogP contribution in [0.25, 0.3) is 11.2 Å². The van der Waals surface area contributed by atoms with Gasteiger partial charge >= 0.3 is 0 Å². The zero-order valence-corrected chi connectivity index (χ0v) is 11.8.